The maximum atomic E-state index is 11.0. The molecule has 4 heteroatoms. The Morgan fingerprint density at radius 2 is 1.85 bits per heavy atom. The van der Waals surface area contributed by atoms with Gasteiger partial charge >= 0.3 is 5.97 Å². The number of esters is 1. The van der Waals surface area contributed by atoms with E-state index in [0.717, 1.165) is 12.4 Å². The van der Waals surface area contributed by atoms with Crippen LogP contribution in [-0.4, -0.2) is 26.2 Å². The largest absolute Gasteiger partial charge is 0.493 e. The number of methoxy groups -OCH3 is 1. The molecule has 1 unspecified atom stereocenters. The van der Waals surface area contributed by atoms with E-state index in [4.69, 9.17) is 4.74 Å². The molecular formula is C16H25NO3. The van der Waals surface area contributed by atoms with E-state index in [9.17, 15) is 4.79 Å². The number of carbonyl (C=O) groups is 1. The Kier molecular flexibility index (Phi) is 7.09. The predicted octanol–water partition coefficient (Wildman–Crippen LogP) is 2.94. The fourth-order valence-electron chi connectivity index (χ4n) is 1.73. The standard InChI is InChI=1S/C16H25NO3/c1-12(2)11-20-15-7-5-14(6-8-15)13(3)17-10-9-16(18)19-4/h5-8,12-13,17H,9-11H2,1-4H3. The summed E-state index contributed by atoms with van der Waals surface area (Å²) in [6, 6.07) is 8.25. The molecule has 0 aliphatic rings. The van der Waals surface area contributed by atoms with Gasteiger partial charge in [-0.3, -0.25) is 4.79 Å². The van der Waals surface area contributed by atoms with E-state index < -0.39 is 0 Å². The average Bonchev–Trinajstić information content (AvgIpc) is 2.45. The molecule has 1 rings (SSSR count). The number of benzene rings is 1. The van der Waals surface area contributed by atoms with Gasteiger partial charge in [0.1, 0.15) is 5.75 Å². The lowest BCUT2D eigenvalue weighted by molar-refractivity contribution is -0.140. The number of ether oxygens (including phenoxy) is 2. The van der Waals surface area contributed by atoms with Gasteiger partial charge < -0.3 is 14.8 Å². The van der Waals surface area contributed by atoms with Crippen molar-refractivity contribution in [2.75, 3.05) is 20.3 Å². The highest BCUT2D eigenvalue weighted by Gasteiger charge is 2.06. The Morgan fingerprint density at radius 1 is 1.20 bits per heavy atom. The first kappa shape index (κ1) is 16.5. The summed E-state index contributed by atoms with van der Waals surface area (Å²) >= 11 is 0. The van der Waals surface area contributed by atoms with E-state index in [1.54, 1.807) is 0 Å². The Morgan fingerprint density at radius 3 is 2.40 bits per heavy atom. The van der Waals surface area contributed by atoms with Crippen LogP contribution in [0.25, 0.3) is 0 Å². The first-order chi connectivity index (χ1) is 9.52. The number of rotatable bonds is 8. The highest BCUT2D eigenvalue weighted by Crippen LogP contribution is 2.18. The Bertz CT molecular complexity index is 401. The van der Waals surface area contributed by atoms with Gasteiger partial charge in [-0.25, -0.2) is 0 Å². The van der Waals surface area contributed by atoms with Crippen molar-refractivity contribution >= 4 is 5.97 Å². The zero-order valence-electron chi connectivity index (χ0n) is 12.8. The number of nitrogens with one attached hydrogen (secondary N) is 1. The van der Waals surface area contributed by atoms with Gasteiger partial charge in [0, 0.05) is 12.6 Å². The molecule has 0 saturated heterocycles. The van der Waals surface area contributed by atoms with Crippen molar-refractivity contribution < 1.29 is 14.3 Å². The minimum Gasteiger partial charge on any atom is -0.493 e. The SMILES string of the molecule is COC(=O)CCNC(C)c1ccc(OCC(C)C)cc1. The maximum Gasteiger partial charge on any atom is 0.306 e. The van der Waals surface area contributed by atoms with Crippen LogP contribution in [0.15, 0.2) is 24.3 Å². The van der Waals surface area contributed by atoms with Crippen molar-refractivity contribution in [2.45, 2.75) is 33.2 Å². The van der Waals surface area contributed by atoms with Crippen LogP contribution in [0.1, 0.15) is 38.8 Å². The number of hydrogen-bond acceptors (Lipinski definition) is 4. The highest BCUT2D eigenvalue weighted by atomic mass is 16.5. The van der Waals surface area contributed by atoms with Crippen LogP contribution in [0, 0.1) is 5.92 Å². The van der Waals surface area contributed by atoms with Crippen LogP contribution in [0.5, 0.6) is 5.75 Å². The van der Waals surface area contributed by atoms with E-state index in [1.165, 1.54) is 12.7 Å². The molecule has 4 nitrogen and oxygen atoms in total. The van der Waals surface area contributed by atoms with Crippen molar-refractivity contribution in [2.24, 2.45) is 5.92 Å². The molecule has 1 aromatic rings. The second-order valence-corrected chi connectivity index (χ2v) is 5.28. The molecule has 1 aromatic carbocycles. The molecule has 0 radical (unpaired) electrons. The van der Waals surface area contributed by atoms with E-state index in [1.807, 2.05) is 24.3 Å². The molecule has 20 heavy (non-hydrogen) atoms. The van der Waals surface area contributed by atoms with Crippen LogP contribution >= 0.6 is 0 Å². The molecule has 112 valence electrons. The number of carbonyl (C=O) groups excluding carboxylic acids is 1. The highest BCUT2D eigenvalue weighted by molar-refractivity contribution is 5.69. The molecule has 0 spiro atoms. The van der Waals surface area contributed by atoms with E-state index in [2.05, 4.69) is 30.8 Å². The maximum absolute atomic E-state index is 11.0. The second-order valence-electron chi connectivity index (χ2n) is 5.28. The van der Waals surface area contributed by atoms with Crippen LogP contribution in [0.2, 0.25) is 0 Å². The van der Waals surface area contributed by atoms with Crippen molar-refractivity contribution in [1.82, 2.24) is 5.32 Å². The third kappa shape index (κ3) is 6.06. The summed E-state index contributed by atoms with van der Waals surface area (Å²) in [6.45, 7) is 7.66. The molecule has 0 heterocycles. The Labute approximate surface area is 121 Å². The van der Waals surface area contributed by atoms with E-state index >= 15 is 0 Å². The normalized spacial score (nSPS) is 12.2. The van der Waals surface area contributed by atoms with Crippen LogP contribution in [0.3, 0.4) is 0 Å². The molecule has 0 aliphatic heterocycles. The lowest BCUT2D eigenvalue weighted by Crippen LogP contribution is -2.22. The van der Waals surface area contributed by atoms with Crippen molar-refractivity contribution in [3.05, 3.63) is 29.8 Å². The Hall–Kier alpha value is -1.55. The summed E-state index contributed by atoms with van der Waals surface area (Å²) in [6.07, 6.45) is 0.385. The molecule has 1 atom stereocenters. The van der Waals surface area contributed by atoms with Crippen LogP contribution in [0.4, 0.5) is 0 Å². The summed E-state index contributed by atoms with van der Waals surface area (Å²) < 4.78 is 10.3. The van der Waals surface area contributed by atoms with E-state index in [-0.39, 0.29) is 12.0 Å². The lowest BCUT2D eigenvalue weighted by Gasteiger charge is -2.15. The van der Waals surface area contributed by atoms with Crippen molar-refractivity contribution in [1.29, 1.82) is 0 Å². The summed E-state index contributed by atoms with van der Waals surface area (Å²) in [7, 11) is 1.40. The van der Waals surface area contributed by atoms with Crippen molar-refractivity contribution in [3.8, 4) is 5.75 Å². The summed E-state index contributed by atoms with van der Waals surface area (Å²) in [5.41, 5.74) is 1.17. The zero-order chi connectivity index (χ0) is 15.0. The van der Waals surface area contributed by atoms with Gasteiger partial charge in [0.15, 0.2) is 0 Å². The quantitative estimate of drug-likeness (QED) is 0.743. The summed E-state index contributed by atoms with van der Waals surface area (Å²) in [4.78, 5) is 11.0. The zero-order valence-corrected chi connectivity index (χ0v) is 12.8. The molecule has 1 N–H and O–H groups in total. The fraction of sp³-hybridized carbons (Fsp3) is 0.562. The first-order valence-electron chi connectivity index (χ1n) is 7.06. The summed E-state index contributed by atoms with van der Waals surface area (Å²) in [5.74, 6) is 1.22. The van der Waals surface area contributed by atoms with Gasteiger partial charge in [-0.1, -0.05) is 26.0 Å². The van der Waals surface area contributed by atoms with Gasteiger partial charge in [-0.2, -0.15) is 0 Å². The van der Waals surface area contributed by atoms with E-state index in [0.29, 0.717) is 18.9 Å². The van der Waals surface area contributed by atoms with Gasteiger partial charge in [-0.15, -0.1) is 0 Å². The predicted molar refractivity (Wildman–Crippen MR) is 79.8 cm³/mol. The van der Waals surface area contributed by atoms with Gasteiger partial charge in [0.05, 0.1) is 20.1 Å². The van der Waals surface area contributed by atoms with Gasteiger partial charge in [0.25, 0.3) is 0 Å². The molecule has 0 saturated carbocycles. The smallest absolute Gasteiger partial charge is 0.306 e. The van der Waals surface area contributed by atoms with Crippen LogP contribution < -0.4 is 10.1 Å². The van der Waals surface area contributed by atoms with Crippen LogP contribution in [-0.2, 0) is 9.53 Å². The third-order valence-corrected chi connectivity index (χ3v) is 2.97. The van der Waals surface area contributed by atoms with Crippen molar-refractivity contribution in [3.63, 3.8) is 0 Å². The fourth-order valence-corrected chi connectivity index (χ4v) is 1.73. The molecule has 0 bridgehead atoms. The molecule has 0 aromatic heterocycles. The summed E-state index contributed by atoms with van der Waals surface area (Å²) in [5, 5.41) is 3.29. The van der Waals surface area contributed by atoms with Gasteiger partial charge in [-0.05, 0) is 30.5 Å². The third-order valence-electron chi connectivity index (χ3n) is 2.97. The minimum atomic E-state index is -0.192. The molecule has 0 aliphatic carbocycles. The minimum absolute atomic E-state index is 0.192. The topological polar surface area (TPSA) is 47.6 Å². The average molecular weight is 279 g/mol. The first-order valence-corrected chi connectivity index (χ1v) is 7.06. The molecule has 0 amide bonds. The Balaban J connectivity index is 2.40. The monoisotopic (exact) mass is 279 g/mol. The lowest BCUT2D eigenvalue weighted by atomic mass is 10.1. The number of hydrogen-bond donors (Lipinski definition) is 1. The molecular weight excluding hydrogens is 254 g/mol. The molecule has 0 fully saturated rings. The van der Waals surface area contributed by atoms with Gasteiger partial charge in [0.2, 0.25) is 0 Å². The second kappa shape index (κ2) is 8.59.